The monoisotopic (exact) mass is 450 g/mol. The maximum absolute atomic E-state index is 12.8. The Morgan fingerprint density at radius 2 is 2.00 bits per heavy atom. The van der Waals surface area contributed by atoms with Gasteiger partial charge in [0.15, 0.2) is 0 Å². The third kappa shape index (κ3) is 4.98. The smallest absolute Gasteiger partial charge is 0.237 e. The Morgan fingerprint density at radius 1 is 1.18 bits per heavy atom. The van der Waals surface area contributed by atoms with Crippen LogP contribution >= 0.6 is 0 Å². The zero-order chi connectivity index (χ0) is 23.5. The Labute approximate surface area is 196 Å². The number of benzene rings is 2. The lowest BCUT2D eigenvalue weighted by Crippen LogP contribution is -2.56. The SMILES string of the molecule is COc1ccc(CN2CCNC(=O)[C@@H]2CC(=O)NCc2ccc3c(c2)CCN3C)c(C)c1C. The van der Waals surface area contributed by atoms with E-state index in [0.29, 0.717) is 26.2 Å². The molecule has 2 aromatic rings. The second kappa shape index (κ2) is 9.83. The summed E-state index contributed by atoms with van der Waals surface area (Å²) in [6.07, 6.45) is 1.18. The van der Waals surface area contributed by atoms with Crippen molar-refractivity contribution in [3.63, 3.8) is 0 Å². The highest BCUT2D eigenvalue weighted by Crippen LogP contribution is 2.28. The van der Waals surface area contributed by atoms with E-state index >= 15 is 0 Å². The molecule has 7 heteroatoms. The largest absolute Gasteiger partial charge is 0.496 e. The fourth-order valence-corrected chi connectivity index (χ4v) is 4.81. The third-order valence-corrected chi connectivity index (χ3v) is 7.02. The normalized spacial score (nSPS) is 18.1. The molecule has 0 saturated carbocycles. The number of hydrogen-bond acceptors (Lipinski definition) is 5. The first kappa shape index (κ1) is 23.1. The van der Waals surface area contributed by atoms with Gasteiger partial charge in [-0.2, -0.15) is 0 Å². The molecule has 0 aromatic heterocycles. The van der Waals surface area contributed by atoms with Gasteiger partial charge in [-0.05, 0) is 60.2 Å². The summed E-state index contributed by atoms with van der Waals surface area (Å²) in [5.41, 5.74) is 7.09. The molecular formula is C26H34N4O3. The first-order valence-corrected chi connectivity index (χ1v) is 11.6. The maximum atomic E-state index is 12.8. The molecule has 2 aromatic carbocycles. The van der Waals surface area contributed by atoms with Crippen LogP contribution in [0.15, 0.2) is 30.3 Å². The lowest BCUT2D eigenvalue weighted by Gasteiger charge is -2.35. The number of carbonyl (C=O) groups excluding carboxylic acids is 2. The van der Waals surface area contributed by atoms with Crippen molar-refractivity contribution in [3.8, 4) is 5.75 Å². The zero-order valence-corrected chi connectivity index (χ0v) is 20.0. The topological polar surface area (TPSA) is 73.9 Å². The highest BCUT2D eigenvalue weighted by atomic mass is 16.5. The molecule has 2 heterocycles. The van der Waals surface area contributed by atoms with Crippen LogP contribution in [0.5, 0.6) is 5.75 Å². The number of nitrogens with one attached hydrogen (secondary N) is 2. The Bertz CT molecular complexity index is 1050. The van der Waals surface area contributed by atoms with Crippen LogP contribution in [0.2, 0.25) is 0 Å². The van der Waals surface area contributed by atoms with Crippen molar-refractivity contribution in [2.45, 2.75) is 45.8 Å². The van der Waals surface area contributed by atoms with E-state index in [-0.39, 0.29) is 18.2 Å². The van der Waals surface area contributed by atoms with Crippen molar-refractivity contribution in [2.75, 3.05) is 38.7 Å². The number of ether oxygens (including phenoxy) is 1. The highest BCUT2D eigenvalue weighted by Gasteiger charge is 2.32. The van der Waals surface area contributed by atoms with Crippen LogP contribution in [-0.4, -0.2) is 56.5 Å². The van der Waals surface area contributed by atoms with Crippen LogP contribution in [0.25, 0.3) is 0 Å². The van der Waals surface area contributed by atoms with Crippen LogP contribution < -0.4 is 20.3 Å². The first-order valence-electron chi connectivity index (χ1n) is 11.6. The van der Waals surface area contributed by atoms with Crippen LogP contribution in [0, 0.1) is 13.8 Å². The zero-order valence-electron chi connectivity index (χ0n) is 20.0. The van der Waals surface area contributed by atoms with Crippen molar-refractivity contribution in [2.24, 2.45) is 0 Å². The van der Waals surface area contributed by atoms with Gasteiger partial charge in [0.25, 0.3) is 0 Å². The Morgan fingerprint density at radius 3 is 2.79 bits per heavy atom. The van der Waals surface area contributed by atoms with Crippen molar-refractivity contribution in [1.29, 1.82) is 0 Å². The lowest BCUT2D eigenvalue weighted by molar-refractivity contribution is -0.134. The van der Waals surface area contributed by atoms with Gasteiger partial charge in [-0.15, -0.1) is 0 Å². The summed E-state index contributed by atoms with van der Waals surface area (Å²) in [7, 11) is 3.77. The summed E-state index contributed by atoms with van der Waals surface area (Å²) < 4.78 is 5.42. The number of amides is 2. The molecule has 0 bridgehead atoms. The number of fused-ring (bicyclic) bond motifs is 1. The van der Waals surface area contributed by atoms with Gasteiger partial charge in [0.05, 0.1) is 19.6 Å². The first-order chi connectivity index (χ1) is 15.9. The molecule has 0 radical (unpaired) electrons. The number of piperazine rings is 1. The van der Waals surface area contributed by atoms with Crippen molar-refractivity contribution in [3.05, 3.63) is 58.1 Å². The van der Waals surface area contributed by atoms with Crippen molar-refractivity contribution in [1.82, 2.24) is 15.5 Å². The number of carbonyl (C=O) groups is 2. The van der Waals surface area contributed by atoms with Gasteiger partial charge in [-0.25, -0.2) is 0 Å². The number of nitrogens with zero attached hydrogens (tertiary/aromatic N) is 2. The molecular weight excluding hydrogens is 416 g/mol. The molecule has 0 aliphatic carbocycles. The molecule has 4 rings (SSSR count). The van der Waals surface area contributed by atoms with Crippen LogP contribution in [-0.2, 0) is 29.1 Å². The van der Waals surface area contributed by atoms with E-state index in [1.54, 1.807) is 7.11 Å². The number of rotatable bonds is 7. The van der Waals surface area contributed by atoms with Gasteiger partial charge in [0.1, 0.15) is 5.75 Å². The van der Waals surface area contributed by atoms with Crippen molar-refractivity contribution < 1.29 is 14.3 Å². The number of hydrogen-bond donors (Lipinski definition) is 2. The van der Waals surface area contributed by atoms with Gasteiger partial charge in [0.2, 0.25) is 11.8 Å². The summed E-state index contributed by atoms with van der Waals surface area (Å²) in [5.74, 6) is 0.670. The van der Waals surface area contributed by atoms with Crippen LogP contribution in [0.4, 0.5) is 5.69 Å². The molecule has 2 aliphatic rings. The average molecular weight is 451 g/mol. The molecule has 176 valence electrons. The summed E-state index contributed by atoms with van der Waals surface area (Å²) in [4.78, 5) is 29.8. The summed E-state index contributed by atoms with van der Waals surface area (Å²) in [6, 6.07) is 9.91. The maximum Gasteiger partial charge on any atom is 0.237 e. The standard InChI is InChI=1S/C26H34N4O3/c1-17-18(2)24(33-4)8-6-21(17)16-30-12-10-27-26(32)23(30)14-25(31)28-15-19-5-7-22-20(13-19)9-11-29(22)3/h5-8,13,23H,9-12,14-16H2,1-4H3,(H,27,32)(H,28,31)/t23-/m0/s1. The van der Waals surface area contributed by atoms with E-state index in [9.17, 15) is 9.59 Å². The molecule has 0 spiro atoms. The van der Waals surface area contributed by atoms with Gasteiger partial charge in [-0.1, -0.05) is 18.2 Å². The van der Waals surface area contributed by atoms with E-state index in [1.807, 2.05) is 13.0 Å². The van der Waals surface area contributed by atoms with Crippen LogP contribution in [0.1, 0.15) is 34.2 Å². The Balaban J connectivity index is 1.39. The second-order valence-corrected chi connectivity index (χ2v) is 9.07. The van der Waals surface area contributed by atoms with Gasteiger partial charge in [-0.3, -0.25) is 14.5 Å². The minimum atomic E-state index is -0.478. The number of methoxy groups -OCH3 is 1. The van der Waals surface area contributed by atoms with Gasteiger partial charge in [0, 0.05) is 45.5 Å². The molecule has 2 N–H and O–H groups in total. The molecule has 7 nitrogen and oxygen atoms in total. The van der Waals surface area contributed by atoms with E-state index in [0.717, 1.165) is 41.0 Å². The van der Waals surface area contributed by atoms with E-state index in [2.05, 4.69) is 58.7 Å². The number of anilines is 1. The predicted molar refractivity (Wildman–Crippen MR) is 130 cm³/mol. The Hall–Kier alpha value is -3.06. The van der Waals surface area contributed by atoms with Gasteiger partial charge < -0.3 is 20.3 Å². The summed E-state index contributed by atoms with van der Waals surface area (Å²) >= 11 is 0. The number of likely N-dealkylation sites (N-methyl/N-ethyl adjacent to an activating group) is 1. The van der Waals surface area contributed by atoms with E-state index < -0.39 is 6.04 Å². The molecule has 2 aliphatic heterocycles. The summed E-state index contributed by atoms with van der Waals surface area (Å²) in [6.45, 7) is 7.56. The molecule has 2 amide bonds. The minimum Gasteiger partial charge on any atom is -0.496 e. The second-order valence-electron chi connectivity index (χ2n) is 9.07. The molecule has 1 fully saturated rings. The molecule has 0 unspecified atom stereocenters. The van der Waals surface area contributed by atoms with E-state index in [1.165, 1.54) is 11.3 Å². The lowest BCUT2D eigenvalue weighted by atomic mass is 10.00. The summed E-state index contributed by atoms with van der Waals surface area (Å²) in [5, 5.41) is 5.93. The average Bonchev–Trinajstić information content (AvgIpc) is 3.18. The van der Waals surface area contributed by atoms with Gasteiger partial charge >= 0.3 is 0 Å². The molecule has 1 saturated heterocycles. The third-order valence-electron chi connectivity index (χ3n) is 7.02. The highest BCUT2D eigenvalue weighted by molar-refractivity contribution is 5.88. The Kier molecular flexibility index (Phi) is 6.88. The van der Waals surface area contributed by atoms with E-state index in [4.69, 9.17) is 4.74 Å². The minimum absolute atomic E-state index is 0.0835. The molecule has 1 atom stereocenters. The van der Waals surface area contributed by atoms with Crippen LogP contribution in [0.3, 0.4) is 0 Å². The fourth-order valence-electron chi connectivity index (χ4n) is 4.81. The molecule has 33 heavy (non-hydrogen) atoms. The van der Waals surface area contributed by atoms with Crippen molar-refractivity contribution >= 4 is 17.5 Å². The predicted octanol–water partition coefficient (Wildman–Crippen LogP) is 2.31. The fraction of sp³-hybridized carbons (Fsp3) is 0.462. The quantitative estimate of drug-likeness (QED) is 0.677.